The van der Waals surface area contributed by atoms with Crippen LogP contribution in [0.3, 0.4) is 0 Å². The number of hydrogen-bond donors (Lipinski definition) is 2. The largest absolute Gasteiger partial charge is 0.508 e. The summed E-state index contributed by atoms with van der Waals surface area (Å²) in [6.45, 7) is 26.4. The molecule has 20 nitrogen and oxygen atoms in total. The van der Waals surface area contributed by atoms with Gasteiger partial charge in [-0.1, -0.05) is 96.7 Å². The predicted molar refractivity (Wildman–Crippen MR) is 344 cm³/mol. The van der Waals surface area contributed by atoms with E-state index in [1.165, 1.54) is 11.3 Å². The Labute approximate surface area is 522 Å². The molecule has 3 aromatic rings. The van der Waals surface area contributed by atoms with E-state index in [2.05, 4.69) is 56.4 Å². The lowest BCUT2D eigenvalue weighted by Gasteiger charge is -2.39. The first-order chi connectivity index (χ1) is 41.0. The molecule has 1 aromatic carbocycles. The van der Waals surface area contributed by atoms with Crippen molar-refractivity contribution >= 4 is 69.1 Å². The summed E-state index contributed by atoms with van der Waals surface area (Å²) in [5, 5.41) is 20.6. The van der Waals surface area contributed by atoms with Crippen LogP contribution >= 0.6 is 23.1 Å². The van der Waals surface area contributed by atoms with E-state index in [4.69, 9.17) is 33.6 Å². The van der Waals surface area contributed by atoms with Crippen molar-refractivity contribution in [2.45, 2.75) is 200 Å². The SMILES string of the molecule is CCCC(=O)OCN(C(=O)[C@H](CC(=O)[C@@H]1CCCCN1C)C(C)CC)[C@@H](C[C@H](C)c1nc(C(=O)N[C@H](Cc2ccc(O)cc2)C[C@@H](C)C(=O)CCCC[Si](C)(C)O[Si](C)(C)CSc2ncc(COCCOCCOCCN=[N+]=[N-])cn2)cs1)C(C)C. The monoisotopic (exact) mass is 1270 g/mol. The van der Waals surface area contributed by atoms with Crippen molar-refractivity contribution in [1.82, 2.24) is 30.1 Å². The van der Waals surface area contributed by atoms with E-state index < -0.39 is 28.6 Å². The number of Topliss-reactive ketones (excluding diaryl/α,β-unsaturated/α-hetero) is 2. The number of phenolic OH excluding ortho intramolecular Hbond substituents is 1. The highest BCUT2D eigenvalue weighted by molar-refractivity contribution is 8.00. The number of aromatic nitrogens is 3. The van der Waals surface area contributed by atoms with Gasteiger partial charge >= 0.3 is 5.97 Å². The van der Waals surface area contributed by atoms with E-state index >= 15 is 0 Å². The first kappa shape index (κ1) is 73.8. The van der Waals surface area contributed by atoms with E-state index in [0.717, 1.165) is 66.2 Å². The molecule has 1 aliphatic rings. The lowest BCUT2D eigenvalue weighted by Crippen LogP contribution is -2.50. The van der Waals surface area contributed by atoms with E-state index in [0.29, 0.717) is 89.9 Å². The Hall–Kier alpha value is -4.63. The minimum Gasteiger partial charge on any atom is -0.508 e. The molecule has 480 valence electrons. The highest BCUT2D eigenvalue weighted by Crippen LogP contribution is 2.33. The molecule has 1 fully saturated rings. The number of unbranched alkanes of at least 4 members (excludes halogenated alkanes) is 1. The molecule has 0 radical (unpaired) electrons. The van der Waals surface area contributed by atoms with Gasteiger partial charge in [-0.3, -0.25) is 28.9 Å². The third-order valence-corrected chi connectivity index (χ3v) is 26.7. The summed E-state index contributed by atoms with van der Waals surface area (Å²) in [5.74, 6) is -1.78. The molecular formula is C62H101N9O11S2Si2. The number of nitrogens with zero attached hydrogens (tertiary/aromatic N) is 8. The maximum Gasteiger partial charge on any atom is 0.307 e. The summed E-state index contributed by atoms with van der Waals surface area (Å²) in [4.78, 5) is 90.2. The van der Waals surface area contributed by atoms with E-state index in [9.17, 15) is 29.1 Å². The van der Waals surface area contributed by atoms with Crippen molar-refractivity contribution in [3.05, 3.63) is 74.3 Å². The van der Waals surface area contributed by atoms with Crippen LogP contribution in [0.1, 0.15) is 158 Å². The molecule has 0 aliphatic carbocycles. The summed E-state index contributed by atoms with van der Waals surface area (Å²) in [5.41, 5.74) is 10.3. The number of esters is 1. The molecule has 1 saturated heterocycles. The topological polar surface area (TPSA) is 258 Å². The number of azide groups is 1. The minimum atomic E-state index is -2.10. The molecule has 1 aliphatic heterocycles. The van der Waals surface area contributed by atoms with Gasteiger partial charge in [0.1, 0.15) is 17.2 Å². The molecule has 4 rings (SSSR count). The molecule has 1 unspecified atom stereocenters. The number of thioether (sulfide) groups is 1. The first-order valence-electron chi connectivity index (χ1n) is 31.1. The lowest BCUT2D eigenvalue weighted by molar-refractivity contribution is -0.160. The van der Waals surface area contributed by atoms with Gasteiger partial charge in [0.05, 0.1) is 50.7 Å². The number of thiazole rings is 1. The third-order valence-electron chi connectivity index (χ3n) is 15.8. The molecule has 24 heteroatoms. The number of hydrogen-bond acceptors (Lipinski definition) is 18. The van der Waals surface area contributed by atoms with Gasteiger partial charge in [-0.2, -0.15) is 0 Å². The number of benzene rings is 1. The second-order valence-electron chi connectivity index (χ2n) is 24.7. The van der Waals surface area contributed by atoms with Gasteiger partial charge in [0.15, 0.2) is 34.3 Å². The predicted octanol–water partition coefficient (Wildman–Crippen LogP) is 12.1. The van der Waals surface area contributed by atoms with Crippen molar-refractivity contribution in [3.8, 4) is 5.75 Å². The number of carbonyl (C=O) groups is 5. The van der Waals surface area contributed by atoms with Gasteiger partial charge in [-0.25, -0.2) is 15.0 Å². The van der Waals surface area contributed by atoms with Crippen molar-refractivity contribution < 1.29 is 52.1 Å². The molecule has 7 atom stereocenters. The molecule has 86 heavy (non-hydrogen) atoms. The van der Waals surface area contributed by atoms with E-state index in [1.807, 2.05) is 67.6 Å². The van der Waals surface area contributed by atoms with Crippen LogP contribution in [-0.4, -0.2) is 159 Å². The average molecular weight is 1270 g/mol. The van der Waals surface area contributed by atoms with Crippen LogP contribution in [0, 0.1) is 23.7 Å². The Balaban J connectivity index is 1.32. The van der Waals surface area contributed by atoms with Crippen LogP contribution in [0.4, 0.5) is 0 Å². The molecule has 2 aromatic heterocycles. The van der Waals surface area contributed by atoms with Crippen LogP contribution in [0.5, 0.6) is 5.75 Å². The zero-order valence-corrected chi connectivity index (χ0v) is 57.2. The highest BCUT2D eigenvalue weighted by Gasteiger charge is 2.39. The molecule has 0 spiro atoms. The van der Waals surface area contributed by atoms with Crippen LogP contribution in [0.25, 0.3) is 10.4 Å². The smallest absolute Gasteiger partial charge is 0.307 e. The maximum atomic E-state index is 15.0. The van der Waals surface area contributed by atoms with Gasteiger partial charge in [0, 0.05) is 89.3 Å². The Morgan fingerprint density at radius 3 is 2.24 bits per heavy atom. The fraction of sp³-hybridized carbons (Fsp3) is 0.710. The first-order valence-corrected chi connectivity index (χ1v) is 39.2. The van der Waals surface area contributed by atoms with Crippen molar-refractivity contribution in [1.29, 1.82) is 0 Å². The number of likely N-dealkylation sites (N-methyl/N-ethyl adjacent to an activating group) is 1. The molecular weight excluding hydrogens is 1170 g/mol. The Morgan fingerprint density at radius 2 is 1.59 bits per heavy atom. The van der Waals surface area contributed by atoms with E-state index in [1.54, 1.807) is 46.6 Å². The summed E-state index contributed by atoms with van der Waals surface area (Å²) < 4.78 is 29.2. The summed E-state index contributed by atoms with van der Waals surface area (Å²) >= 11 is 2.99. The zero-order chi connectivity index (χ0) is 63.2. The second kappa shape index (κ2) is 38.7. The van der Waals surface area contributed by atoms with Gasteiger partial charge in [0.2, 0.25) is 5.91 Å². The van der Waals surface area contributed by atoms with Crippen LogP contribution < -0.4 is 5.32 Å². The number of likely N-dealkylation sites (tertiary alicyclic amines) is 1. The van der Waals surface area contributed by atoms with Gasteiger partial charge in [-0.05, 0) is 126 Å². The standard InChI is InChI=1S/C62H101N9O11S2Si2/c1-13-19-58(75)81-42-71(61(77)52(45(5)14-2)37-57(74)54-20-15-17-27-70(54)8)55(44(3)4)35-47(7)60-68-53(41-83-60)59(76)67-50(36-48-22-24-51(72)25-23-48)34-46(6)56(73)21-16-18-33-85(9,10)82-86(11,12)43-84-62-64-38-49(39-65-62)40-80-32-31-79-30-29-78-28-26-66-69-63/h22-25,38-39,41,44-47,50,52,54-55,72H,13-21,26-37,40,42-43H2,1-12H3,(H,67,76)/t45?,46-,47+,50+,52-,54+,55+/m1/s1. The van der Waals surface area contributed by atoms with Crippen LogP contribution in [-0.2, 0) is 55.3 Å². The van der Waals surface area contributed by atoms with Gasteiger partial charge in [-0.15, -0.1) is 11.3 Å². The van der Waals surface area contributed by atoms with Crippen LogP contribution in [0.2, 0.25) is 32.2 Å². The molecule has 2 amide bonds. The minimum absolute atomic E-state index is 0.0458. The van der Waals surface area contributed by atoms with Crippen LogP contribution in [0.15, 0.2) is 52.3 Å². The number of ether oxygens (including phenoxy) is 4. The fourth-order valence-corrected chi connectivity index (χ4v) is 22.1. The summed E-state index contributed by atoms with van der Waals surface area (Å²) in [6.07, 6.45) is 11.4. The third kappa shape index (κ3) is 27.0. The average Bonchev–Trinajstić information content (AvgIpc) is 3.61. The van der Waals surface area contributed by atoms with E-state index in [-0.39, 0.29) is 96.1 Å². The molecule has 0 saturated carbocycles. The van der Waals surface area contributed by atoms with Gasteiger partial charge in [0.25, 0.3) is 5.91 Å². The van der Waals surface area contributed by atoms with Crippen molar-refractivity contribution in [2.75, 3.05) is 65.3 Å². The number of amides is 2. The number of rotatable bonds is 43. The summed E-state index contributed by atoms with van der Waals surface area (Å²) in [7, 11) is -2.19. The fourth-order valence-electron chi connectivity index (χ4n) is 10.8. The number of nitrogens with one attached hydrogen (secondary N) is 1. The molecule has 3 heterocycles. The summed E-state index contributed by atoms with van der Waals surface area (Å²) in [6, 6.07) is 6.82. The van der Waals surface area contributed by atoms with Gasteiger partial charge < -0.3 is 38.4 Å². The Bertz CT molecular complexity index is 2580. The maximum absolute atomic E-state index is 15.0. The lowest BCUT2D eigenvalue weighted by atomic mass is 9.82. The normalized spacial score (nSPS) is 16.1. The number of phenols is 1. The number of aromatic hydroxyl groups is 1. The molecule has 2 N–H and O–H groups in total. The Kier molecular flexibility index (Phi) is 33.2. The highest BCUT2D eigenvalue weighted by atomic mass is 32.2. The van der Waals surface area contributed by atoms with Crippen molar-refractivity contribution in [3.63, 3.8) is 0 Å². The Morgan fingerprint density at radius 1 is 0.907 bits per heavy atom. The quantitative estimate of drug-likeness (QED) is 0.00614. The molecule has 0 bridgehead atoms. The number of ketones is 2. The second-order valence-corrected chi connectivity index (χ2v) is 35.8. The van der Waals surface area contributed by atoms with Crippen molar-refractivity contribution in [2.24, 2.45) is 28.8 Å². The number of carbonyl (C=O) groups excluding carboxylic acids is 5. The number of piperidine rings is 1. The zero-order valence-electron chi connectivity index (χ0n) is 53.6.